The van der Waals surface area contributed by atoms with Gasteiger partial charge in [0.15, 0.2) is 5.69 Å². The van der Waals surface area contributed by atoms with Gasteiger partial charge in [0.25, 0.3) is 5.91 Å². The quantitative estimate of drug-likeness (QED) is 0.570. The summed E-state index contributed by atoms with van der Waals surface area (Å²) in [6.07, 6.45) is -0.324. The highest BCUT2D eigenvalue weighted by Gasteiger charge is 2.22. The third-order valence-electron chi connectivity index (χ3n) is 4.45. The molecule has 1 atom stereocenters. The average molecular weight is 414 g/mol. The summed E-state index contributed by atoms with van der Waals surface area (Å²) in [5.74, 6) is -1.86. The maximum Gasteiger partial charge on any atom is 0.305 e. The van der Waals surface area contributed by atoms with E-state index in [-0.39, 0.29) is 18.0 Å². The van der Waals surface area contributed by atoms with Gasteiger partial charge in [-0.05, 0) is 48.7 Å². The molecular weight excluding hydrogens is 394 g/mol. The van der Waals surface area contributed by atoms with Gasteiger partial charge in [0.2, 0.25) is 5.88 Å². The van der Waals surface area contributed by atoms with E-state index in [1.54, 1.807) is 24.3 Å². The van der Waals surface area contributed by atoms with E-state index in [1.807, 2.05) is 32.0 Å². The first-order valence-corrected chi connectivity index (χ1v) is 9.27. The lowest BCUT2D eigenvalue weighted by Gasteiger charge is -2.17. The number of hydrogen-bond donors (Lipinski definition) is 3. The van der Waals surface area contributed by atoms with Gasteiger partial charge in [-0.2, -0.15) is 5.10 Å². The van der Waals surface area contributed by atoms with E-state index in [9.17, 15) is 19.8 Å². The molecule has 0 aliphatic heterocycles. The van der Waals surface area contributed by atoms with Crippen molar-refractivity contribution in [1.29, 1.82) is 0 Å². The largest absolute Gasteiger partial charge is 0.493 e. The van der Waals surface area contributed by atoms with E-state index in [0.717, 1.165) is 11.1 Å². The molecule has 1 aromatic heterocycles. The van der Waals surface area contributed by atoms with Gasteiger partial charge in [-0.1, -0.05) is 35.9 Å². The number of carboxylic acid groups (broad SMARTS) is 1. The average Bonchev–Trinajstić information content (AvgIpc) is 3.04. The van der Waals surface area contributed by atoms with Gasteiger partial charge in [-0.3, -0.25) is 9.59 Å². The Kier molecular flexibility index (Phi) is 5.89. The summed E-state index contributed by atoms with van der Waals surface area (Å²) in [6, 6.07) is 12.8. The van der Waals surface area contributed by atoms with Crippen molar-refractivity contribution in [1.82, 2.24) is 15.1 Å². The van der Waals surface area contributed by atoms with Crippen molar-refractivity contribution in [2.75, 3.05) is 0 Å². The fraction of sp³-hybridized carbons (Fsp3) is 0.190. The number of rotatable bonds is 6. The number of benzene rings is 2. The van der Waals surface area contributed by atoms with Crippen LogP contribution >= 0.6 is 11.6 Å². The van der Waals surface area contributed by atoms with Crippen molar-refractivity contribution in [3.8, 4) is 11.6 Å². The minimum atomic E-state index is -1.07. The normalized spacial score (nSPS) is 11.8. The zero-order valence-corrected chi connectivity index (χ0v) is 16.6. The number of aliphatic carboxylic acids is 1. The molecule has 3 aromatic rings. The third kappa shape index (κ3) is 4.75. The van der Waals surface area contributed by atoms with Crippen molar-refractivity contribution >= 4 is 23.5 Å². The van der Waals surface area contributed by atoms with Gasteiger partial charge in [0.05, 0.1) is 18.2 Å². The van der Waals surface area contributed by atoms with Crippen molar-refractivity contribution in [2.45, 2.75) is 26.3 Å². The predicted molar refractivity (Wildman–Crippen MR) is 109 cm³/mol. The first-order chi connectivity index (χ1) is 13.7. The number of aromatic hydroxyl groups is 1. The summed E-state index contributed by atoms with van der Waals surface area (Å²) in [5.41, 5.74) is 3.04. The van der Waals surface area contributed by atoms with Gasteiger partial charge < -0.3 is 15.5 Å². The lowest BCUT2D eigenvalue weighted by molar-refractivity contribution is -0.137. The molecule has 7 nitrogen and oxygen atoms in total. The number of nitrogens with one attached hydrogen (secondary N) is 1. The highest BCUT2D eigenvalue weighted by atomic mass is 35.5. The lowest BCUT2D eigenvalue weighted by Crippen LogP contribution is -2.30. The van der Waals surface area contributed by atoms with E-state index in [0.29, 0.717) is 16.3 Å². The second-order valence-electron chi connectivity index (χ2n) is 6.77. The first kappa shape index (κ1) is 20.4. The number of carboxylic acids is 1. The number of carbonyl (C=O) groups excluding carboxylic acids is 1. The number of carbonyl (C=O) groups is 2. The van der Waals surface area contributed by atoms with Gasteiger partial charge in [-0.25, -0.2) is 4.68 Å². The second kappa shape index (κ2) is 8.36. The first-order valence-electron chi connectivity index (χ1n) is 8.89. The van der Waals surface area contributed by atoms with Crippen LogP contribution in [0.1, 0.15) is 39.6 Å². The van der Waals surface area contributed by atoms with Crippen molar-refractivity contribution < 1.29 is 19.8 Å². The maximum absolute atomic E-state index is 12.7. The van der Waals surface area contributed by atoms with Gasteiger partial charge in [0, 0.05) is 11.1 Å². The fourth-order valence-electron chi connectivity index (χ4n) is 2.99. The van der Waals surface area contributed by atoms with Crippen LogP contribution in [0.15, 0.2) is 48.5 Å². The Morgan fingerprint density at radius 2 is 1.93 bits per heavy atom. The molecule has 0 radical (unpaired) electrons. The zero-order valence-electron chi connectivity index (χ0n) is 15.9. The Morgan fingerprint density at radius 1 is 1.17 bits per heavy atom. The van der Waals surface area contributed by atoms with Crippen LogP contribution in [0.2, 0.25) is 5.02 Å². The monoisotopic (exact) mass is 413 g/mol. The predicted octanol–water partition coefficient (Wildman–Crippen LogP) is 3.79. The van der Waals surface area contributed by atoms with E-state index in [1.165, 1.54) is 10.7 Å². The Labute approximate surface area is 172 Å². The topological polar surface area (TPSA) is 104 Å². The van der Waals surface area contributed by atoms with Crippen molar-refractivity contribution in [3.05, 3.63) is 75.9 Å². The van der Waals surface area contributed by atoms with E-state index in [4.69, 9.17) is 11.6 Å². The molecule has 0 spiro atoms. The number of hydrogen-bond acceptors (Lipinski definition) is 4. The third-order valence-corrected chi connectivity index (χ3v) is 4.69. The summed E-state index contributed by atoms with van der Waals surface area (Å²) in [4.78, 5) is 24.0. The minimum Gasteiger partial charge on any atom is -0.493 e. The highest BCUT2D eigenvalue weighted by Crippen LogP contribution is 2.24. The Hall–Kier alpha value is -3.32. The van der Waals surface area contributed by atoms with Gasteiger partial charge in [0.1, 0.15) is 0 Å². The van der Waals surface area contributed by atoms with Crippen LogP contribution in [-0.4, -0.2) is 31.9 Å². The minimum absolute atomic E-state index is 0.0270. The van der Waals surface area contributed by atoms with Crippen LogP contribution in [-0.2, 0) is 4.79 Å². The fourth-order valence-corrected chi connectivity index (χ4v) is 3.19. The molecule has 3 rings (SSSR count). The van der Waals surface area contributed by atoms with Crippen molar-refractivity contribution in [2.24, 2.45) is 0 Å². The molecule has 0 bridgehead atoms. The molecule has 8 heteroatoms. The summed E-state index contributed by atoms with van der Waals surface area (Å²) in [6.45, 7) is 3.79. The van der Waals surface area contributed by atoms with Gasteiger partial charge in [-0.15, -0.1) is 0 Å². The molecule has 29 heavy (non-hydrogen) atoms. The highest BCUT2D eigenvalue weighted by molar-refractivity contribution is 6.30. The summed E-state index contributed by atoms with van der Waals surface area (Å²) < 4.78 is 1.28. The number of aryl methyl sites for hydroxylation is 2. The molecule has 1 amide bonds. The molecule has 0 aliphatic carbocycles. The maximum atomic E-state index is 12.7. The second-order valence-corrected chi connectivity index (χ2v) is 7.20. The number of halogens is 1. The molecule has 0 aliphatic rings. The van der Waals surface area contributed by atoms with E-state index >= 15 is 0 Å². The molecule has 3 N–H and O–H groups in total. The molecule has 1 unspecified atom stereocenters. The number of amides is 1. The van der Waals surface area contributed by atoms with Crippen molar-refractivity contribution in [3.63, 3.8) is 0 Å². The standard InChI is InChI=1S/C21H20ClN3O4/c1-12-6-7-13(2)18(8-12)25-19(26)10-17(24-25)21(29)23-16(11-20(27)28)14-4-3-5-15(22)9-14/h3-10,16,26H,11H2,1-2H3,(H,23,29)(H,27,28). The van der Waals surface area contributed by atoms with Crippen LogP contribution < -0.4 is 5.32 Å². The van der Waals surface area contributed by atoms with E-state index < -0.39 is 17.9 Å². The lowest BCUT2D eigenvalue weighted by atomic mass is 10.0. The van der Waals surface area contributed by atoms with Crippen LogP contribution in [0.25, 0.3) is 5.69 Å². The molecule has 0 fully saturated rings. The Bertz CT molecular complexity index is 1080. The Balaban J connectivity index is 1.89. The van der Waals surface area contributed by atoms with Crippen LogP contribution in [0.3, 0.4) is 0 Å². The van der Waals surface area contributed by atoms with Crippen LogP contribution in [0, 0.1) is 13.8 Å². The molecule has 1 heterocycles. The summed E-state index contributed by atoms with van der Waals surface area (Å²) in [7, 11) is 0. The van der Waals surface area contributed by atoms with Crippen LogP contribution in [0.4, 0.5) is 0 Å². The molecule has 0 saturated heterocycles. The zero-order chi connectivity index (χ0) is 21.1. The number of aromatic nitrogens is 2. The smallest absolute Gasteiger partial charge is 0.305 e. The van der Waals surface area contributed by atoms with Crippen LogP contribution in [0.5, 0.6) is 5.88 Å². The Morgan fingerprint density at radius 3 is 2.62 bits per heavy atom. The molecule has 2 aromatic carbocycles. The molecule has 0 saturated carbocycles. The molecule has 150 valence electrons. The van der Waals surface area contributed by atoms with Gasteiger partial charge >= 0.3 is 5.97 Å². The summed E-state index contributed by atoms with van der Waals surface area (Å²) in [5, 5.41) is 26.8. The van der Waals surface area contributed by atoms with E-state index in [2.05, 4.69) is 10.4 Å². The summed E-state index contributed by atoms with van der Waals surface area (Å²) >= 11 is 5.99. The SMILES string of the molecule is Cc1ccc(C)c(-n2nc(C(=O)NC(CC(=O)O)c3cccc(Cl)c3)cc2O)c1. The number of nitrogens with zero attached hydrogens (tertiary/aromatic N) is 2. The molecular formula is C21H20ClN3O4.